The molecule has 0 aliphatic carbocycles. The Labute approximate surface area is 159 Å². The molecule has 0 bridgehead atoms. The highest BCUT2D eigenvalue weighted by molar-refractivity contribution is 6.06. The lowest BCUT2D eigenvalue weighted by Gasteiger charge is -2.19. The predicted molar refractivity (Wildman–Crippen MR) is 98.8 cm³/mol. The molecule has 3 rings (SSSR count). The minimum Gasteiger partial charge on any atom is -0.405 e. The molecule has 146 valence electrons. The summed E-state index contributed by atoms with van der Waals surface area (Å²) in [5, 5.41) is 2.66. The Hall–Kier alpha value is -3.29. The molecule has 0 saturated carbocycles. The van der Waals surface area contributed by atoms with Gasteiger partial charge in [0, 0.05) is 24.6 Å². The van der Waals surface area contributed by atoms with Crippen molar-refractivity contribution >= 4 is 29.3 Å². The molecule has 1 heterocycles. The summed E-state index contributed by atoms with van der Waals surface area (Å²) in [5.74, 6) is -0.960. The van der Waals surface area contributed by atoms with Gasteiger partial charge in [-0.2, -0.15) is 0 Å². The Balaban J connectivity index is 1.75. The number of benzene rings is 2. The number of nitrogens with one attached hydrogen (secondary N) is 1. The largest absolute Gasteiger partial charge is 0.573 e. The number of nitrogens with zero attached hydrogens (tertiary/aromatic N) is 1. The number of carbonyl (C=O) groups is 2. The highest BCUT2D eigenvalue weighted by Gasteiger charge is 2.31. The summed E-state index contributed by atoms with van der Waals surface area (Å²) in [5.41, 5.74) is 1.15. The molecule has 0 unspecified atom stereocenters. The lowest BCUT2D eigenvalue weighted by molar-refractivity contribution is -0.274. The molecule has 0 radical (unpaired) electrons. The molecule has 8 heteroatoms. The van der Waals surface area contributed by atoms with Gasteiger partial charge in [-0.25, -0.2) is 0 Å². The van der Waals surface area contributed by atoms with Gasteiger partial charge in [0.2, 0.25) is 11.8 Å². The van der Waals surface area contributed by atoms with Crippen molar-refractivity contribution in [2.75, 3.05) is 16.8 Å². The zero-order valence-corrected chi connectivity index (χ0v) is 14.7. The topological polar surface area (TPSA) is 58.6 Å². The number of alkyl halides is 3. The maximum Gasteiger partial charge on any atom is 0.573 e. The molecule has 0 spiro atoms. The average Bonchev–Trinajstić information content (AvgIpc) is 3.06. The third-order valence-electron chi connectivity index (χ3n) is 4.09. The molecule has 1 N–H and O–H groups in total. The smallest absolute Gasteiger partial charge is 0.405 e. The molecule has 1 saturated heterocycles. The Kier molecular flexibility index (Phi) is 5.67. The number of amides is 2. The van der Waals surface area contributed by atoms with E-state index in [9.17, 15) is 22.8 Å². The van der Waals surface area contributed by atoms with E-state index in [4.69, 9.17) is 0 Å². The van der Waals surface area contributed by atoms with Crippen LogP contribution in [0.15, 0.2) is 54.6 Å². The first-order valence-corrected chi connectivity index (χ1v) is 8.57. The molecular weight excluding hydrogens is 373 g/mol. The summed E-state index contributed by atoms with van der Waals surface area (Å²) >= 11 is 0. The molecule has 1 fully saturated rings. The van der Waals surface area contributed by atoms with Gasteiger partial charge in [0.05, 0.1) is 11.4 Å². The zero-order chi connectivity index (χ0) is 20.1. The molecule has 5 nitrogen and oxygen atoms in total. The quantitative estimate of drug-likeness (QED) is 0.772. The summed E-state index contributed by atoms with van der Waals surface area (Å²) in [7, 11) is 0. The second-order valence-electron chi connectivity index (χ2n) is 6.07. The molecule has 2 aromatic carbocycles. The van der Waals surface area contributed by atoms with Gasteiger partial charge >= 0.3 is 6.36 Å². The highest BCUT2D eigenvalue weighted by Crippen LogP contribution is 2.30. The third kappa shape index (κ3) is 4.91. The van der Waals surface area contributed by atoms with Crippen molar-refractivity contribution in [1.82, 2.24) is 0 Å². The first kappa shape index (κ1) is 19.5. The van der Waals surface area contributed by atoms with Gasteiger partial charge in [-0.15, -0.1) is 13.2 Å². The van der Waals surface area contributed by atoms with Crippen molar-refractivity contribution in [3.8, 4) is 5.75 Å². The minimum atomic E-state index is -4.83. The van der Waals surface area contributed by atoms with E-state index >= 15 is 0 Å². The average molecular weight is 390 g/mol. The second-order valence-corrected chi connectivity index (χ2v) is 6.07. The standard InChI is InChI=1S/C20H17F3N2O3/c21-20(22,23)28-17-9-4-1-6-14(17)11-12-18(26)24-15-7-2-3-8-16(15)25-13-5-10-19(25)27/h1-4,6-9,11-12H,5,10,13H2,(H,24,26)/b12-11+. The minimum absolute atomic E-state index is 0.0181. The van der Waals surface area contributed by atoms with Crippen molar-refractivity contribution < 1.29 is 27.5 Å². The van der Waals surface area contributed by atoms with E-state index in [2.05, 4.69) is 10.1 Å². The molecule has 2 amide bonds. The zero-order valence-electron chi connectivity index (χ0n) is 14.7. The van der Waals surface area contributed by atoms with Crippen molar-refractivity contribution in [2.45, 2.75) is 19.2 Å². The Morgan fingerprint density at radius 3 is 2.54 bits per heavy atom. The number of halogens is 3. The van der Waals surface area contributed by atoms with Crippen LogP contribution in [-0.4, -0.2) is 24.7 Å². The van der Waals surface area contributed by atoms with Crippen LogP contribution in [0.25, 0.3) is 6.08 Å². The molecule has 0 aromatic heterocycles. The number of rotatable bonds is 5. The second kappa shape index (κ2) is 8.16. The summed E-state index contributed by atoms with van der Waals surface area (Å²) in [6, 6.07) is 12.4. The normalized spacial score (nSPS) is 14.5. The van der Waals surface area contributed by atoms with Crippen molar-refractivity contribution in [2.24, 2.45) is 0 Å². The van der Waals surface area contributed by atoms with Crippen LogP contribution in [0.3, 0.4) is 0 Å². The number of ether oxygens (including phenoxy) is 1. The van der Waals surface area contributed by atoms with Gasteiger partial charge in [-0.1, -0.05) is 30.3 Å². The molecule has 28 heavy (non-hydrogen) atoms. The SMILES string of the molecule is O=C(/C=C/c1ccccc1OC(F)(F)F)Nc1ccccc1N1CCCC1=O. The first-order chi connectivity index (χ1) is 13.3. The Bertz CT molecular complexity index is 910. The van der Waals surface area contributed by atoms with Crippen LogP contribution < -0.4 is 15.0 Å². The van der Waals surface area contributed by atoms with E-state index in [1.165, 1.54) is 30.3 Å². The predicted octanol–water partition coefficient (Wildman–Crippen LogP) is 4.36. The fourth-order valence-corrected chi connectivity index (χ4v) is 2.89. The van der Waals surface area contributed by atoms with Crippen LogP contribution in [0.2, 0.25) is 0 Å². The Morgan fingerprint density at radius 1 is 1.11 bits per heavy atom. The first-order valence-electron chi connectivity index (χ1n) is 8.57. The number of carbonyl (C=O) groups excluding carboxylic acids is 2. The molecule has 1 aliphatic heterocycles. The van der Waals surface area contributed by atoms with Crippen LogP contribution in [0.1, 0.15) is 18.4 Å². The fraction of sp³-hybridized carbons (Fsp3) is 0.200. The van der Waals surface area contributed by atoms with Gasteiger partial charge in [0.25, 0.3) is 0 Å². The van der Waals surface area contributed by atoms with Gasteiger partial charge in [0.1, 0.15) is 5.75 Å². The van der Waals surface area contributed by atoms with Crippen LogP contribution in [0.4, 0.5) is 24.5 Å². The van der Waals surface area contributed by atoms with Crippen molar-refractivity contribution in [3.63, 3.8) is 0 Å². The summed E-state index contributed by atoms with van der Waals surface area (Å²) in [6.07, 6.45) is -1.27. The van der Waals surface area contributed by atoms with Gasteiger partial charge in [-0.05, 0) is 30.7 Å². The summed E-state index contributed by atoms with van der Waals surface area (Å²) < 4.78 is 41.4. The molecule has 1 aliphatic rings. The molecule has 2 aromatic rings. The fourth-order valence-electron chi connectivity index (χ4n) is 2.89. The van der Waals surface area contributed by atoms with Crippen LogP contribution in [-0.2, 0) is 9.59 Å². The lowest BCUT2D eigenvalue weighted by Crippen LogP contribution is -2.25. The summed E-state index contributed by atoms with van der Waals surface area (Å²) in [4.78, 5) is 25.8. The number of hydrogen-bond donors (Lipinski definition) is 1. The maximum absolute atomic E-state index is 12.5. The number of anilines is 2. The van der Waals surface area contributed by atoms with Gasteiger partial charge in [0.15, 0.2) is 0 Å². The van der Waals surface area contributed by atoms with E-state index in [-0.39, 0.29) is 11.5 Å². The highest BCUT2D eigenvalue weighted by atomic mass is 19.4. The number of hydrogen-bond acceptors (Lipinski definition) is 3. The number of para-hydroxylation sites is 3. The van der Waals surface area contributed by atoms with Gasteiger partial charge < -0.3 is 15.0 Å². The Morgan fingerprint density at radius 2 is 1.82 bits per heavy atom. The van der Waals surface area contributed by atoms with E-state index < -0.39 is 18.0 Å². The van der Waals surface area contributed by atoms with Crippen LogP contribution in [0, 0.1) is 0 Å². The van der Waals surface area contributed by atoms with Crippen molar-refractivity contribution in [3.05, 3.63) is 60.2 Å². The monoisotopic (exact) mass is 390 g/mol. The van der Waals surface area contributed by atoms with Crippen molar-refractivity contribution in [1.29, 1.82) is 0 Å². The maximum atomic E-state index is 12.5. The van der Waals surface area contributed by atoms with E-state index in [1.54, 1.807) is 29.2 Å². The third-order valence-corrected chi connectivity index (χ3v) is 4.09. The summed E-state index contributed by atoms with van der Waals surface area (Å²) in [6.45, 7) is 0.573. The lowest BCUT2D eigenvalue weighted by atomic mass is 10.2. The molecule has 0 atom stereocenters. The molecular formula is C20H17F3N2O3. The van der Waals surface area contributed by atoms with E-state index in [0.717, 1.165) is 12.5 Å². The van der Waals surface area contributed by atoms with Crippen LogP contribution >= 0.6 is 0 Å². The van der Waals surface area contributed by atoms with E-state index in [0.29, 0.717) is 24.3 Å². The van der Waals surface area contributed by atoms with E-state index in [1.807, 2.05) is 0 Å². The van der Waals surface area contributed by atoms with Crippen LogP contribution in [0.5, 0.6) is 5.75 Å². The van der Waals surface area contributed by atoms with Gasteiger partial charge in [-0.3, -0.25) is 9.59 Å².